The number of nitrogens with one attached hydrogen (secondary N) is 1. The monoisotopic (exact) mass is 302 g/mol. The summed E-state index contributed by atoms with van der Waals surface area (Å²) in [5.74, 6) is -0.788. The molecule has 2 rings (SSSR count). The highest BCUT2D eigenvalue weighted by Gasteiger charge is 2.15. The number of carboxylic acid groups (broad SMARTS) is 1. The van der Waals surface area contributed by atoms with Crippen molar-refractivity contribution in [2.75, 3.05) is 0 Å². The van der Waals surface area contributed by atoms with E-state index in [0.717, 1.165) is 29.7 Å². The van der Waals surface area contributed by atoms with Crippen molar-refractivity contribution in [2.24, 2.45) is 0 Å². The summed E-state index contributed by atoms with van der Waals surface area (Å²) in [6.07, 6.45) is 5.72. The summed E-state index contributed by atoms with van der Waals surface area (Å²) in [7, 11) is 0. The average molecular weight is 302 g/mol. The van der Waals surface area contributed by atoms with Crippen LogP contribution in [-0.4, -0.2) is 31.9 Å². The Balaban J connectivity index is 2.01. The van der Waals surface area contributed by atoms with Crippen LogP contribution >= 0.6 is 0 Å². The molecule has 0 fully saturated rings. The Labute approximate surface area is 130 Å². The molecule has 1 atom stereocenters. The van der Waals surface area contributed by atoms with Gasteiger partial charge in [-0.3, -0.25) is 4.79 Å². The van der Waals surface area contributed by atoms with Gasteiger partial charge < -0.3 is 10.4 Å². The van der Waals surface area contributed by atoms with Crippen LogP contribution in [0.3, 0.4) is 0 Å². The van der Waals surface area contributed by atoms with Crippen LogP contribution in [0, 0.1) is 6.92 Å². The van der Waals surface area contributed by atoms with E-state index in [2.05, 4.69) is 22.3 Å². The van der Waals surface area contributed by atoms with Gasteiger partial charge in [-0.2, -0.15) is 5.10 Å². The first-order valence-electron chi connectivity index (χ1n) is 7.52. The van der Waals surface area contributed by atoms with Crippen molar-refractivity contribution >= 4 is 5.97 Å². The zero-order valence-corrected chi connectivity index (χ0v) is 13.0. The van der Waals surface area contributed by atoms with Gasteiger partial charge in [0, 0.05) is 6.54 Å². The Morgan fingerprint density at radius 1 is 1.45 bits per heavy atom. The number of carbonyl (C=O) groups is 1. The highest BCUT2D eigenvalue weighted by molar-refractivity contribution is 5.73. The summed E-state index contributed by atoms with van der Waals surface area (Å²) in [4.78, 5) is 15.2. The standard InChI is InChI=1S/C16H22N4O2/c1-3-4-5-14(16(21)22)18-9-13-6-7-15(12(2)8-13)20-11-17-10-19-20/h6-8,10-11,14,18H,3-5,9H2,1-2H3,(H,21,22)/t14-/m0/s1. The van der Waals surface area contributed by atoms with Gasteiger partial charge in [0.25, 0.3) is 0 Å². The highest BCUT2D eigenvalue weighted by Crippen LogP contribution is 2.15. The number of hydrogen-bond donors (Lipinski definition) is 2. The van der Waals surface area contributed by atoms with Gasteiger partial charge in [-0.25, -0.2) is 9.67 Å². The third-order valence-electron chi connectivity index (χ3n) is 3.62. The molecule has 2 aromatic rings. The van der Waals surface area contributed by atoms with E-state index >= 15 is 0 Å². The van der Waals surface area contributed by atoms with Gasteiger partial charge in [0.15, 0.2) is 0 Å². The molecule has 2 N–H and O–H groups in total. The predicted octanol–water partition coefficient (Wildman–Crippen LogP) is 2.31. The molecule has 6 nitrogen and oxygen atoms in total. The normalized spacial score (nSPS) is 12.3. The molecule has 0 aliphatic carbocycles. The molecule has 0 aliphatic heterocycles. The van der Waals surface area contributed by atoms with E-state index in [9.17, 15) is 9.90 Å². The van der Waals surface area contributed by atoms with Crippen LogP contribution < -0.4 is 5.32 Å². The van der Waals surface area contributed by atoms with Crippen molar-refractivity contribution in [1.29, 1.82) is 0 Å². The number of benzene rings is 1. The summed E-state index contributed by atoms with van der Waals surface area (Å²) in [5.41, 5.74) is 3.11. The van der Waals surface area contributed by atoms with Gasteiger partial charge in [-0.15, -0.1) is 0 Å². The first-order valence-corrected chi connectivity index (χ1v) is 7.52. The molecule has 0 unspecified atom stereocenters. The summed E-state index contributed by atoms with van der Waals surface area (Å²) in [5, 5.41) is 16.5. The van der Waals surface area contributed by atoms with Crippen molar-refractivity contribution in [3.05, 3.63) is 42.0 Å². The van der Waals surface area contributed by atoms with Gasteiger partial charge in [-0.05, 0) is 30.5 Å². The smallest absolute Gasteiger partial charge is 0.320 e. The number of unbranched alkanes of at least 4 members (excludes halogenated alkanes) is 1. The molecule has 0 bridgehead atoms. The number of aliphatic carboxylic acids is 1. The van der Waals surface area contributed by atoms with E-state index in [1.54, 1.807) is 11.0 Å². The molecule has 1 heterocycles. The number of carboxylic acids is 1. The Hall–Kier alpha value is -2.21. The summed E-state index contributed by atoms with van der Waals surface area (Å²) in [6, 6.07) is 5.51. The number of nitrogens with zero attached hydrogens (tertiary/aromatic N) is 3. The Morgan fingerprint density at radius 2 is 2.27 bits per heavy atom. The summed E-state index contributed by atoms with van der Waals surface area (Å²) < 4.78 is 1.72. The van der Waals surface area contributed by atoms with Crippen LogP contribution in [0.4, 0.5) is 0 Å². The maximum Gasteiger partial charge on any atom is 0.320 e. The molecule has 0 radical (unpaired) electrons. The maximum atomic E-state index is 11.2. The van der Waals surface area contributed by atoms with Crippen LogP contribution in [0.1, 0.15) is 37.3 Å². The minimum Gasteiger partial charge on any atom is -0.480 e. The van der Waals surface area contributed by atoms with Gasteiger partial charge in [0.2, 0.25) is 0 Å². The molecule has 6 heteroatoms. The lowest BCUT2D eigenvalue weighted by Crippen LogP contribution is -2.36. The van der Waals surface area contributed by atoms with E-state index in [4.69, 9.17) is 0 Å². The third-order valence-corrected chi connectivity index (χ3v) is 3.62. The topological polar surface area (TPSA) is 80.0 Å². The van der Waals surface area contributed by atoms with Crippen molar-refractivity contribution in [3.63, 3.8) is 0 Å². The SMILES string of the molecule is CCCC[C@H](NCc1ccc(-n2cncn2)c(C)c1)C(=O)O. The second kappa shape index (κ2) is 7.70. The molecular formula is C16H22N4O2. The van der Waals surface area contributed by atoms with Gasteiger partial charge in [0.1, 0.15) is 18.7 Å². The summed E-state index contributed by atoms with van der Waals surface area (Å²) in [6.45, 7) is 4.61. The van der Waals surface area contributed by atoms with Gasteiger partial charge in [-0.1, -0.05) is 31.9 Å². The molecule has 0 saturated heterocycles. The second-order valence-electron chi connectivity index (χ2n) is 5.37. The molecule has 0 spiro atoms. The van der Waals surface area contributed by atoms with E-state index in [0.29, 0.717) is 13.0 Å². The zero-order valence-electron chi connectivity index (χ0n) is 13.0. The Morgan fingerprint density at radius 3 is 2.86 bits per heavy atom. The first kappa shape index (κ1) is 16.2. The molecule has 1 aromatic heterocycles. The van der Waals surface area contributed by atoms with Crippen molar-refractivity contribution in [2.45, 2.75) is 45.7 Å². The minimum absolute atomic E-state index is 0.491. The summed E-state index contributed by atoms with van der Waals surface area (Å²) >= 11 is 0. The second-order valence-corrected chi connectivity index (χ2v) is 5.37. The molecule has 0 amide bonds. The average Bonchev–Trinajstić information content (AvgIpc) is 3.01. The lowest BCUT2D eigenvalue weighted by Gasteiger charge is -2.15. The van der Waals surface area contributed by atoms with Gasteiger partial charge >= 0.3 is 5.97 Å². The van der Waals surface area contributed by atoms with E-state index < -0.39 is 12.0 Å². The van der Waals surface area contributed by atoms with E-state index in [1.807, 2.05) is 25.1 Å². The fraction of sp³-hybridized carbons (Fsp3) is 0.438. The number of hydrogen-bond acceptors (Lipinski definition) is 4. The minimum atomic E-state index is -0.788. The lowest BCUT2D eigenvalue weighted by molar-refractivity contribution is -0.139. The van der Waals surface area contributed by atoms with Crippen LogP contribution in [0.2, 0.25) is 0 Å². The van der Waals surface area contributed by atoms with Crippen molar-refractivity contribution in [3.8, 4) is 5.69 Å². The Bertz CT molecular complexity index is 611. The first-order chi connectivity index (χ1) is 10.6. The highest BCUT2D eigenvalue weighted by atomic mass is 16.4. The fourth-order valence-electron chi connectivity index (χ4n) is 2.38. The molecule has 118 valence electrons. The van der Waals surface area contributed by atoms with Gasteiger partial charge in [0.05, 0.1) is 5.69 Å². The lowest BCUT2D eigenvalue weighted by atomic mass is 10.1. The Kier molecular flexibility index (Phi) is 5.66. The molecule has 0 aliphatic rings. The molecule has 22 heavy (non-hydrogen) atoms. The molecule has 0 saturated carbocycles. The maximum absolute atomic E-state index is 11.2. The van der Waals surface area contributed by atoms with Crippen LogP contribution in [0.25, 0.3) is 5.69 Å². The predicted molar refractivity (Wildman–Crippen MR) is 83.9 cm³/mol. The number of aromatic nitrogens is 3. The fourth-order valence-corrected chi connectivity index (χ4v) is 2.38. The molecular weight excluding hydrogens is 280 g/mol. The molecule has 1 aromatic carbocycles. The quantitative estimate of drug-likeness (QED) is 0.782. The van der Waals surface area contributed by atoms with E-state index in [1.165, 1.54) is 6.33 Å². The number of aryl methyl sites for hydroxylation is 1. The zero-order chi connectivity index (χ0) is 15.9. The van der Waals surface area contributed by atoms with Crippen LogP contribution in [0.5, 0.6) is 0 Å². The van der Waals surface area contributed by atoms with E-state index in [-0.39, 0.29) is 0 Å². The third kappa shape index (κ3) is 4.14. The number of rotatable bonds is 8. The van der Waals surface area contributed by atoms with Crippen LogP contribution in [-0.2, 0) is 11.3 Å². The van der Waals surface area contributed by atoms with Crippen LogP contribution in [0.15, 0.2) is 30.9 Å². The van der Waals surface area contributed by atoms with Crippen molar-refractivity contribution < 1.29 is 9.90 Å². The largest absolute Gasteiger partial charge is 0.480 e. The van der Waals surface area contributed by atoms with Crippen molar-refractivity contribution in [1.82, 2.24) is 20.1 Å².